The minimum absolute atomic E-state index is 0.0172. The largest absolute Gasteiger partial charge is 0.329 e. The smallest absolute Gasteiger partial charge is 0.255 e. The molecule has 4 nitrogen and oxygen atoms in total. The van der Waals surface area contributed by atoms with Gasteiger partial charge in [-0.15, -0.1) is 0 Å². The summed E-state index contributed by atoms with van der Waals surface area (Å²) in [6, 6.07) is 17.6. The van der Waals surface area contributed by atoms with E-state index in [0.29, 0.717) is 25.8 Å². The molecule has 1 atom stereocenters. The van der Waals surface area contributed by atoms with Crippen LogP contribution in [0.5, 0.6) is 0 Å². The Hall–Kier alpha value is -3.40. The minimum Gasteiger partial charge on any atom is -0.329 e. The van der Waals surface area contributed by atoms with Crippen LogP contribution in [0, 0.1) is 0 Å². The lowest BCUT2D eigenvalue weighted by Crippen LogP contribution is -2.29. The van der Waals surface area contributed by atoms with Gasteiger partial charge in [-0.05, 0) is 29.7 Å². The Morgan fingerprint density at radius 3 is 2.66 bits per heavy atom. The first kappa shape index (κ1) is 18.9. The number of nitrogens with zero attached hydrogens (tertiary/aromatic N) is 1. The first-order valence-corrected chi connectivity index (χ1v) is 9.98. The van der Waals surface area contributed by atoms with Gasteiger partial charge in [0.1, 0.15) is 0 Å². The van der Waals surface area contributed by atoms with Crippen LogP contribution in [0.25, 0.3) is 0 Å². The number of fused-ring (bicyclic) bond motifs is 1. The molecule has 2 aliphatic rings. The van der Waals surface area contributed by atoms with E-state index in [2.05, 4.69) is 5.32 Å². The summed E-state index contributed by atoms with van der Waals surface area (Å²) in [5.41, 5.74) is 3.74. The second-order valence-corrected chi connectivity index (χ2v) is 7.32. The number of allylic oxidation sites excluding steroid dienone is 5. The third kappa shape index (κ3) is 4.37. The monoisotopic (exact) mass is 384 g/mol. The van der Waals surface area contributed by atoms with Gasteiger partial charge >= 0.3 is 0 Å². The Labute approximate surface area is 171 Å². The van der Waals surface area contributed by atoms with Crippen molar-refractivity contribution in [1.29, 1.82) is 0 Å². The zero-order chi connectivity index (χ0) is 20.1. The van der Waals surface area contributed by atoms with E-state index < -0.39 is 0 Å². The van der Waals surface area contributed by atoms with E-state index in [0.717, 1.165) is 22.4 Å². The van der Waals surface area contributed by atoms with Crippen molar-refractivity contribution in [3.05, 3.63) is 107 Å². The van der Waals surface area contributed by atoms with E-state index in [1.807, 2.05) is 89.9 Å². The Balaban J connectivity index is 1.47. The van der Waals surface area contributed by atoms with Crippen molar-refractivity contribution in [2.75, 3.05) is 0 Å². The van der Waals surface area contributed by atoms with Gasteiger partial charge in [-0.2, -0.15) is 0 Å². The quantitative estimate of drug-likeness (QED) is 0.786. The molecule has 0 spiro atoms. The van der Waals surface area contributed by atoms with Gasteiger partial charge < -0.3 is 10.2 Å². The fourth-order valence-electron chi connectivity index (χ4n) is 3.90. The maximum atomic E-state index is 13.0. The molecular weight excluding hydrogens is 360 g/mol. The normalized spacial score (nSPS) is 17.7. The van der Waals surface area contributed by atoms with Gasteiger partial charge in [0.2, 0.25) is 5.91 Å². The SMILES string of the molecule is O=C(CCC1c2ccccc2C(=O)N1Cc1ccccc1)NC1=CC=CC=CC1. The standard InChI is InChI=1S/C25H24N2O2/c28-24(26-20-12-6-1-2-7-13-20)17-16-23-21-14-8-9-15-22(21)25(29)27(23)18-19-10-4-3-5-11-19/h1-12,14-15,23H,13,16-18H2,(H,26,28). The molecule has 1 heterocycles. The number of benzene rings is 2. The molecule has 4 rings (SSSR count). The highest BCUT2D eigenvalue weighted by Gasteiger charge is 2.36. The minimum atomic E-state index is -0.0902. The molecule has 2 amide bonds. The van der Waals surface area contributed by atoms with Gasteiger partial charge in [-0.3, -0.25) is 9.59 Å². The molecule has 0 aromatic heterocycles. The first-order chi connectivity index (χ1) is 14.2. The first-order valence-electron chi connectivity index (χ1n) is 9.98. The highest BCUT2D eigenvalue weighted by molar-refractivity contribution is 5.99. The predicted octanol–water partition coefficient (Wildman–Crippen LogP) is 4.68. The van der Waals surface area contributed by atoms with Crippen LogP contribution in [0.3, 0.4) is 0 Å². The topological polar surface area (TPSA) is 49.4 Å². The summed E-state index contributed by atoms with van der Waals surface area (Å²) in [5, 5.41) is 3.00. The van der Waals surface area contributed by atoms with Crippen molar-refractivity contribution >= 4 is 11.8 Å². The molecule has 1 unspecified atom stereocenters. The highest BCUT2D eigenvalue weighted by atomic mass is 16.2. The summed E-state index contributed by atoms with van der Waals surface area (Å²) >= 11 is 0. The molecule has 29 heavy (non-hydrogen) atoms. The lowest BCUT2D eigenvalue weighted by atomic mass is 10.0. The average Bonchev–Trinajstić information content (AvgIpc) is 2.90. The number of amides is 2. The Morgan fingerprint density at radius 2 is 1.79 bits per heavy atom. The lowest BCUT2D eigenvalue weighted by Gasteiger charge is -2.25. The summed E-state index contributed by atoms with van der Waals surface area (Å²) in [7, 11) is 0. The van der Waals surface area contributed by atoms with Crippen LogP contribution in [-0.2, 0) is 11.3 Å². The number of hydrogen-bond donors (Lipinski definition) is 1. The van der Waals surface area contributed by atoms with E-state index in [1.165, 1.54) is 0 Å². The molecule has 1 aliphatic carbocycles. The molecule has 0 saturated heterocycles. The van der Waals surface area contributed by atoms with Gasteiger partial charge in [0.05, 0.1) is 6.04 Å². The summed E-state index contributed by atoms with van der Waals surface area (Å²) in [4.78, 5) is 27.4. The van der Waals surface area contributed by atoms with Crippen LogP contribution < -0.4 is 5.32 Å². The molecule has 4 heteroatoms. The van der Waals surface area contributed by atoms with Crippen molar-refractivity contribution in [1.82, 2.24) is 10.2 Å². The van der Waals surface area contributed by atoms with E-state index in [4.69, 9.17) is 0 Å². The fourth-order valence-corrected chi connectivity index (χ4v) is 3.90. The predicted molar refractivity (Wildman–Crippen MR) is 114 cm³/mol. The van der Waals surface area contributed by atoms with E-state index >= 15 is 0 Å². The third-order valence-corrected chi connectivity index (χ3v) is 5.32. The maximum absolute atomic E-state index is 13.0. The van der Waals surface area contributed by atoms with Crippen molar-refractivity contribution in [2.45, 2.75) is 31.8 Å². The second-order valence-electron chi connectivity index (χ2n) is 7.32. The molecule has 0 fully saturated rings. The molecule has 146 valence electrons. The fraction of sp³-hybridized carbons (Fsp3) is 0.200. The number of hydrogen-bond acceptors (Lipinski definition) is 2. The summed E-state index contributed by atoms with van der Waals surface area (Å²) in [6.07, 6.45) is 11.5. The van der Waals surface area contributed by atoms with Gasteiger partial charge in [0.15, 0.2) is 0 Å². The molecule has 0 bridgehead atoms. The summed E-state index contributed by atoms with van der Waals surface area (Å²) in [5.74, 6) is 0.0213. The zero-order valence-corrected chi connectivity index (χ0v) is 16.3. The third-order valence-electron chi connectivity index (χ3n) is 5.32. The van der Waals surface area contributed by atoms with Gasteiger partial charge in [0, 0.05) is 30.6 Å². The van der Waals surface area contributed by atoms with Crippen LogP contribution >= 0.6 is 0 Å². The van der Waals surface area contributed by atoms with Crippen LogP contribution in [0.15, 0.2) is 90.7 Å². The molecule has 0 saturated carbocycles. The lowest BCUT2D eigenvalue weighted by molar-refractivity contribution is -0.120. The Bertz CT molecular complexity index is 989. The van der Waals surface area contributed by atoms with E-state index in [1.54, 1.807) is 0 Å². The van der Waals surface area contributed by atoms with Crippen molar-refractivity contribution in [3.8, 4) is 0 Å². The Morgan fingerprint density at radius 1 is 1.00 bits per heavy atom. The Kier molecular flexibility index (Phi) is 5.71. The van der Waals surface area contributed by atoms with Gasteiger partial charge in [-0.25, -0.2) is 0 Å². The zero-order valence-electron chi connectivity index (χ0n) is 16.3. The van der Waals surface area contributed by atoms with Crippen molar-refractivity contribution < 1.29 is 9.59 Å². The molecule has 1 aliphatic heterocycles. The van der Waals surface area contributed by atoms with Crippen molar-refractivity contribution in [2.24, 2.45) is 0 Å². The summed E-state index contributed by atoms with van der Waals surface area (Å²) < 4.78 is 0. The molecule has 2 aromatic carbocycles. The van der Waals surface area contributed by atoms with Gasteiger partial charge in [0.25, 0.3) is 5.91 Å². The molecule has 2 aromatic rings. The average molecular weight is 384 g/mol. The van der Waals surface area contributed by atoms with Gasteiger partial charge in [-0.1, -0.05) is 72.8 Å². The molecule has 0 radical (unpaired) electrons. The van der Waals surface area contributed by atoms with Crippen LogP contribution in [0.2, 0.25) is 0 Å². The van der Waals surface area contributed by atoms with Crippen LogP contribution in [0.4, 0.5) is 0 Å². The number of carbonyl (C=O) groups excluding carboxylic acids is 2. The van der Waals surface area contributed by atoms with E-state index in [9.17, 15) is 9.59 Å². The van der Waals surface area contributed by atoms with Crippen LogP contribution in [0.1, 0.15) is 46.8 Å². The molecule has 1 N–H and O–H groups in total. The number of carbonyl (C=O) groups is 2. The summed E-state index contributed by atoms with van der Waals surface area (Å²) in [6.45, 7) is 0.543. The van der Waals surface area contributed by atoms with E-state index in [-0.39, 0.29) is 17.9 Å². The molecular formula is C25H24N2O2. The second kappa shape index (κ2) is 8.74. The maximum Gasteiger partial charge on any atom is 0.255 e. The number of nitrogens with one attached hydrogen (secondary N) is 1. The number of rotatable bonds is 6. The van der Waals surface area contributed by atoms with Crippen LogP contribution in [-0.4, -0.2) is 16.7 Å². The van der Waals surface area contributed by atoms with Crippen molar-refractivity contribution in [3.63, 3.8) is 0 Å². The highest BCUT2D eigenvalue weighted by Crippen LogP contribution is 2.37.